The smallest absolute Gasteiger partial charge is 0.243 e. The second-order valence-corrected chi connectivity index (χ2v) is 13.7. The average Bonchev–Trinajstić information content (AvgIpc) is 2.92. The Morgan fingerprint density at radius 3 is 2.21 bits per heavy atom. The van der Waals surface area contributed by atoms with Crippen molar-refractivity contribution in [1.29, 1.82) is 0 Å². The highest BCUT2D eigenvalue weighted by Crippen LogP contribution is 2.30. The standard InChI is InChI=1S/C34H45N3O5S/c1-7-42-31-20-12-11-19-29(31)37(43(6,40)41)22-14-21-32(38)36(25-28-18-13-15-26(2)23-28)30(33(39)35-34(3,4)5)24-27-16-9-8-10-17-27/h8-13,15-20,23,30H,7,14,21-22,24-25H2,1-6H3,(H,35,39)/t30-/m1/s1. The van der Waals surface area contributed by atoms with Crippen LogP contribution < -0.4 is 14.4 Å². The van der Waals surface area contributed by atoms with Crippen molar-refractivity contribution in [3.05, 3.63) is 95.6 Å². The number of carbonyl (C=O) groups is 2. The van der Waals surface area contributed by atoms with Crippen molar-refractivity contribution >= 4 is 27.5 Å². The fourth-order valence-corrected chi connectivity index (χ4v) is 5.91. The van der Waals surface area contributed by atoms with Gasteiger partial charge in [0.15, 0.2) is 0 Å². The molecule has 3 rings (SSSR count). The van der Waals surface area contributed by atoms with Crippen LogP contribution >= 0.6 is 0 Å². The molecule has 0 saturated carbocycles. The van der Waals surface area contributed by atoms with Crippen LogP contribution in [0.3, 0.4) is 0 Å². The maximum absolute atomic E-state index is 14.0. The molecule has 0 unspecified atom stereocenters. The van der Waals surface area contributed by atoms with Gasteiger partial charge in [-0.2, -0.15) is 0 Å². The van der Waals surface area contributed by atoms with Gasteiger partial charge in [0, 0.05) is 31.5 Å². The molecular formula is C34H45N3O5S. The number of hydrogen-bond acceptors (Lipinski definition) is 5. The lowest BCUT2D eigenvalue weighted by atomic mass is 10.00. The van der Waals surface area contributed by atoms with Crippen LogP contribution in [0.2, 0.25) is 0 Å². The number of nitrogens with zero attached hydrogens (tertiary/aromatic N) is 2. The van der Waals surface area contributed by atoms with Crippen molar-refractivity contribution in [1.82, 2.24) is 10.2 Å². The van der Waals surface area contributed by atoms with E-state index in [4.69, 9.17) is 4.74 Å². The second kappa shape index (κ2) is 15.0. The van der Waals surface area contributed by atoms with E-state index in [1.54, 1.807) is 29.2 Å². The van der Waals surface area contributed by atoms with Crippen LogP contribution in [0.15, 0.2) is 78.9 Å². The molecule has 0 radical (unpaired) electrons. The fourth-order valence-electron chi connectivity index (χ4n) is 4.94. The van der Waals surface area contributed by atoms with Crippen molar-refractivity contribution in [3.8, 4) is 5.75 Å². The van der Waals surface area contributed by atoms with Crippen LogP contribution in [0.25, 0.3) is 0 Å². The van der Waals surface area contributed by atoms with Crippen LogP contribution in [0.5, 0.6) is 5.75 Å². The predicted molar refractivity (Wildman–Crippen MR) is 173 cm³/mol. The first-order chi connectivity index (χ1) is 20.3. The van der Waals surface area contributed by atoms with Gasteiger partial charge in [0.2, 0.25) is 21.8 Å². The lowest BCUT2D eigenvalue weighted by Gasteiger charge is -2.34. The summed E-state index contributed by atoms with van der Waals surface area (Å²) in [5.41, 5.74) is 2.85. The highest BCUT2D eigenvalue weighted by molar-refractivity contribution is 7.92. The van der Waals surface area contributed by atoms with Crippen LogP contribution in [0.1, 0.15) is 57.2 Å². The monoisotopic (exact) mass is 607 g/mol. The molecule has 0 fully saturated rings. The zero-order chi connectivity index (χ0) is 31.6. The summed E-state index contributed by atoms with van der Waals surface area (Å²) in [6.45, 7) is 10.3. The molecule has 0 spiro atoms. The van der Waals surface area contributed by atoms with Gasteiger partial charge in [-0.05, 0) is 64.3 Å². The number of aryl methyl sites for hydroxylation is 1. The third-order valence-electron chi connectivity index (χ3n) is 6.79. The Labute approximate surface area is 257 Å². The summed E-state index contributed by atoms with van der Waals surface area (Å²) in [7, 11) is -3.66. The first kappa shape index (κ1) is 33.6. The first-order valence-electron chi connectivity index (χ1n) is 14.7. The summed E-state index contributed by atoms with van der Waals surface area (Å²) in [6, 6.07) is 23.8. The largest absolute Gasteiger partial charge is 0.492 e. The molecular weight excluding hydrogens is 562 g/mol. The van der Waals surface area contributed by atoms with E-state index >= 15 is 0 Å². The minimum absolute atomic E-state index is 0.0583. The Hall–Kier alpha value is -3.85. The summed E-state index contributed by atoms with van der Waals surface area (Å²) in [5.74, 6) is 0.00315. The summed E-state index contributed by atoms with van der Waals surface area (Å²) in [4.78, 5) is 29.4. The van der Waals surface area contributed by atoms with Gasteiger partial charge >= 0.3 is 0 Å². The van der Waals surface area contributed by atoms with Gasteiger partial charge in [0.25, 0.3) is 0 Å². The number of benzene rings is 3. The molecule has 0 aliphatic heterocycles. The van der Waals surface area contributed by atoms with E-state index < -0.39 is 21.6 Å². The lowest BCUT2D eigenvalue weighted by Crippen LogP contribution is -2.54. The summed E-state index contributed by atoms with van der Waals surface area (Å²) in [6.07, 6.45) is 1.81. The van der Waals surface area contributed by atoms with Crippen molar-refractivity contribution in [2.75, 3.05) is 23.7 Å². The molecule has 0 heterocycles. The van der Waals surface area contributed by atoms with Crippen LogP contribution in [-0.4, -0.2) is 56.1 Å². The number of nitrogens with one attached hydrogen (secondary N) is 1. The second-order valence-electron chi connectivity index (χ2n) is 11.8. The van der Waals surface area contributed by atoms with Gasteiger partial charge in [-0.3, -0.25) is 13.9 Å². The van der Waals surface area contributed by atoms with Crippen molar-refractivity contribution < 1.29 is 22.7 Å². The van der Waals surface area contributed by atoms with E-state index in [1.165, 1.54) is 4.31 Å². The molecule has 0 saturated heterocycles. The van der Waals surface area contributed by atoms with Gasteiger partial charge in [0.05, 0.1) is 18.6 Å². The zero-order valence-electron chi connectivity index (χ0n) is 26.2. The summed E-state index contributed by atoms with van der Waals surface area (Å²) in [5, 5.41) is 3.07. The van der Waals surface area contributed by atoms with Crippen molar-refractivity contribution in [2.24, 2.45) is 0 Å². The van der Waals surface area contributed by atoms with Gasteiger partial charge in [0.1, 0.15) is 11.8 Å². The molecule has 3 aromatic rings. The number of anilines is 1. The lowest BCUT2D eigenvalue weighted by molar-refractivity contribution is -0.142. The van der Waals surface area contributed by atoms with Crippen LogP contribution in [0, 0.1) is 6.92 Å². The van der Waals surface area contributed by atoms with E-state index in [0.29, 0.717) is 24.5 Å². The van der Waals surface area contributed by atoms with Crippen LogP contribution in [-0.2, 0) is 32.6 Å². The molecule has 2 amide bonds. The third-order valence-corrected chi connectivity index (χ3v) is 7.97. The van der Waals surface area contributed by atoms with Crippen molar-refractivity contribution in [2.45, 2.75) is 72.0 Å². The summed E-state index contributed by atoms with van der Waals surface area (Å²) < 4.78 is 32.6. The molecule has 9 heteroatoms. The van der Waals surface area contributed by atoms with Gasteiger partial charge in [-0.1, -0.05) is 72.3 Å². The molecule has 43 heavy (non-hydrogen) atoms. The average molecular weight is 608 g/mol. The summed E-state index contributed by atoms with van der Waals surface area (Å²) >= 11 is 0. The SMILES string of the molecule is CCOc1ccccc1N(CCCC(=O)N(Cc1cccc(C)c1)[C@H](Cc1ccccc1)C(=O)NC(C)(C)C)S(C)(=O)=O. The zero-order valence-corrected chi connectivity index (χ0v) is 27.0. The normalized spacial score (nSPS) is 12.3. The number of sulfonamides is 1. The molecule has 0 aliphatic rings. The Bertz CT molecular complexity index is 1470. The Balaban J connectivity index is 1.92. The molecule has 0 aliphatic carbocycles. The number of ether oxygens (including phenoxy) is 1. The van der Waals surface area contributed by atoms with Gasteiger partial charge < -0.3 is 15.0 Å². The maximum Gasteiger partial charge on any atom is 0.243 e. The topological polar surface area (TPSA) is 96.0 Å². The fraction of sp³-hybridized carbons (Fsp3) is 0.412. The molecule has 3 aromatic carbocycles. The van der Waals surface area contributed by atoms with E-state index in [-0.39, 0.29) is 37.7 Å². The first-order valence-corrected chi connectivity index (χ1v) is 16.5. The van der Waals surface area contributed by atoms with E-state index in [1.807, 2.05) is 89.2 Å². The van der Waals surface area contributed by atoms with Crippen molar-refractivity contribution in [3.63, 3.8) is 0 Å². The molecule has 0 aromatic heterocycles. The minimum Gasteiger partial charge on any atom is -0.492 e. The third kappa shape index (κ3) is 10.4. The van der Waals surface area contributed by atoms with Crippen LogP contribution in [0.4, 0.5) is 5.69 Å². The number of carbonyl (C=O) groups excluding carboxylic acids is 2. The molecule has 0 bridgehead atoms. The molecule has 1 N–H and O–H groups in total. The Morgan fingerprint density at radius 2 is 1.58 bits per heavy atom. The minimum atomic E-state index is -3.66. The number of amides is 2. The number of para-hydroxylation sites is 2. The van der Waals surface area contributed by atoms with E-state index in [9.17, 15) is 18.0 Å². The molecule has 232 valence electrons. The predicted octanol–water partition coefficient (Wildman–Crippen LogP) is 5.49. The highest BCUT2D eigenvalue weighted by atomic mass is 32.2. The molecule has 8 nitrogen and oxygen atoms in total. The number of hydrogen-bond donors (Lipinski definition) is 1. The van der Waals surface area contributed by atoms with Gasteiger partial charge in [-0.15, -0.1) is 0 Å². The number of rotatable bonds is 14. The van der Waals surface area contributed by atoms with E-state index in [0.717, 1.165) is 22.9 Å². The Morgan fingerprint density at radius 1 is 0.930 bits per heavy atom. The van der Waals surface area contributed by atoms with E-state index in [2.05, 4.69) is 5.32 Å². The molecule has 1 atom stereocenters. The van der Waals surface area contributed by atoms with Gasteiger partial charge in [-0.25, -0.2) is 8.42 Å². The maximum atomic E-state index is 14.0. The Kier molecular flexibility index (Phi) is 11.8. The quantitative estimate of drug-likeness (QED) is 0.261. The highest BCUT2D eigenvalue weighted by Gasteiger charge is 2.32.